The average molecular weight is 300 g/mol. The van der Waals surface area contributed by atoms with E-state index in [9.17, 15) is 0 Å². The molecule has 0 saturated heterocycles. The van der Waals surface area contributed by atoms with Crippen LogP contribution in [-0.2, 0) is 0 Å². The Hall–Kier alpha value is -0.580. The highest BCUT2D eigenvalue weighted by Gasteiger charge is 2.14. The van der Waals surface area contributed by atoms with Crippen molar-refractivity contribution in [3.05, 3.63) is 45.0 Å². The monoisotopic (exact) mass is 299 g/mol. The third-order valence-electron chi connectivity index (χ3n) is 2.48. The smallest absolute Gasteiger partial charge is 0.120 e. The summed E-state index contributed by atoms with van der Waals surface area (Å²) in [6.07, 6.45) is 1.71. The molecule has 0 spiro atoms. The molecule has 0 aromatic carbocycles. The molecule has 2 aromatic rings. The van der Waals surface area contributed by atoms with Crippen LogP contribution in [0.4, 0.5) is 0 Å². The summed E-state index contributed by atoms with van der Waals surface area (Å²) in [5.41, 5.74) is 0. The molecule has 4 heteroatoms. The minimum absolute atomic E-state index is 0.228. The van der Waals surface area contributed by atoms with E-state index < -0.39 is 0 Å². The molecule has 0 aliphatic heterocycles. The van der Waals surface area contributed by atoms with Gasteiger partial charge in [0, 0.05) is 20.8 Å². The van der Waals surface area contributed by atoms with Crippen LogP contribution in [0.3, 0.4) is 0 Å². The molecule has 2 heterocycles. The average Bonchev–Trinajstić information content (AvgIpc) is 2.87. The van der Waals surface area contributed by atoms with Crippen molar-refractivity contribution in [3.63, 3.8) is 0 Å². The highest BCUT2D eigenvalue weighted by atomic mass is 79.9. The number of hydrogen-bond donors (Lipinski definition) is 1. The summed E-state index contributed by atoms with van der Waals surface area (Å²) >= 11 is 5.23. The van der Waals surface area contributed by atoms with Gasteiger partial charge in [-0.15, -0.1) is 11.3 Å². The molecule has 0 amide bonds. The number of halogens is 1. The van der Waals surface area contributed by atoms with Crippen molar-refractivity contribution in [1.82, 2.24) is 5.32 Å². The molecule has 0 fully saturated rings. The van der Waals surface area contributed by atoms with Crippen LogP contribution < -0.4 is 5.32 Å². The molecule has 0 bridgehead atoms. The van der Waals surface area contributed by atoms with Gasteiger partial charge < -0.3 is 9.73 Å². The van der Waals surface area contributed by atoms with Crippen LogP contribution in [0.1, 0.15) is 36.6 Å². The SMILES string of the molecule is CC(N[C@@H](C)c1ccco1)c1cc(Br)cs1. The van der Waals surface area contributed by atoms with E-state index >= 15 is 0 Å². The zero-order chi connectivity index (χ0) is 11.5. The maximum absolute atomic E-state index is 5.37. The van der Waals surface area contributed by atoms with E-state index in [1.165, 1.54) is 4.88 Å². The molecule has 16 heavy (non-hydrogen) atoms. The Balaban J connectivity index is 2.00. The fourth-order valence-corrected chi connectivity index (χ4v) is 3.09. The summed E-state index contributed by atoms with van der Waals surface area (Å²) in [7, 11) is 0. The standard InChI is InChI=1S/C12H14BrNOS/c1-8(11-4-3-5-15-11)14-9(2)12-6-10(13)7-16-12/h3-9,14H,1-2H3/t8-,9?/m0/s1. The number of furan rings is 1. The second-order valence-corrected chi connectivity index (χ2v) is 5.65. The fraction of sp³-hybridized carbons (Fsp3) is 0.333. The van der Waals surface area contributed by atoms with Gasteiger partial charge >= 0.3 is 0 Å². The molecule has 1 N–H and O–H groups in total. The number of hydrogen-bond acceptors (Lipinski definition) is 3. The van der Waals surface area contributed by atoms with Gasteiger partial charge in [-0.05, 0) is 48.0 Å². The van der Waals surface area contributed by atoms with Gasteiger partial charge in [0.2, 0.25) is 0 Å². The summed E-state index contributed by atoms with van der Waals surface area (Å²) in [4.78, 5) is 1.32. The van der Waals surface area contributed by atoms with Crippen molar-refractivity contribution < 1.29 is 4.42 Å². The Bertz CT molecular complexity index is 438. The van der Waals surface area contributed by atoms with Crippen LogP contribution in [0, 0.1) is 0 Å². The van der Waals surface area contributed by atoms with E-state index in [4.69, 9.17) is 4.42 Å². The molecule has 2 atom stereocenters. The second kappa shape index (κ2) is 5.17. The summed E-state index contributed by atoms with van der Waals surface area (Å²) in [6, 6.07) is 6.62. The van der Waals surface area contributed by atoms with Crippen molar-refractivity contribution in [3.8, 4) is 0 Å². The van der Waals surface area contributed by atoms with Crippen molar-refractivity contribution in [2.45, 2.75) is 25.9 Å². The summed E-state index contributed by atoms with van der Waals surface area (Å²) in [5.74, 6) is 0.975. The molecule has 0 aliphatic carbocycles. The van der Waals surface area contributed by atoms with Gasteiger partial charge in [-0.1, -0.05) is 0 Å². The maximum atomic E-state index is 5.37. The third-order valence-corrected chi connectivity index (χ3v) is 4.36. The van der Waals surface area contributed by atoms with Crippen LogP contribution in [0.2, 0.25) is 0 Å². The molecule has 0 radical (unpaired) electrons. The summed E-state index contributed by atoms with van der Waals surface area (Å²) in [5, 5.41) is 5.61. The second-order valence-electron chi connectivity index (χ2n) is 3.79. The van der Waals surface area contributed by atoms with E-state index in [0.29, 0.717) is 6.04 Å². The van der Waals surface area contributed by atoms with E-state index in [2.05, 4.69) is 46.5 Å². The van der Waals surface area contributed by atoms with Crippen LogP contribution in [-0.4, -0.2) is 0 Å². The van der Waals surface area contributed by atoms with Gasteiger partial charge in [0.1, 0.15) is 5.76 Å². The minimum Gasteiger partial charge on any atom is -0.468 e. The van der Waals surface area contributed by atoms with Gasteiger partial charge in [-0.3, -0.25) is 0 Å². The molecule has 1 unspecified atom stereocenters. The van der Waals surface area contributed by atoms with E-state index in [-0.39, 0.29) is 6.04 Å². The van der Waals surface area contributed by atoms with Crippen molar-refractivity contribution >= 4 is 27.3 Å². The van der Waals surface area contributed by atoms with Crippen molar-refractivity contribution in [2.24, 2.45) is 0 Å². The van der Waals surface area contributed by atoms with Crippen LogP contribution in [0.5, 0.6) is 0 Å². The quantitative estimate of drug-likeness (QED) is 0.898. The highest BCUT2D eigenvalue weighted by molar-refractivity contribution is 9.10. The van der Waals surface area contributed by atoms with E-state index in [0.717, 1.165) is 10.2 Å². The molecular weight excluding hydrogens is 286 g/mol. The van der Waals surface area contributed by atoms with Crippen LogP contribution in [0.25, 0.3) is 0 Å². The Morgan fingerprint density at radius 2 is 2.19 bits per heavy atom. The number of thiophene rings is 1. The van der Waals surface area contributed by atoms with E-state index in [1.54, 1.807) is 17.6 Å². The molecule has 2 nitrogen and oxygen atoms in total. The lowest BCUT2D eigenvalue weighted by Gasteiger charge is -2.17. The molecule has 86 valence electrons. The first-order valence-corrected chi connectivity index (χ1v) is 6.87. The Morgan fingerprint density at radius 1 is 1.38 bits per heavy atom. The van der Waals surface area contributed by atoms with Crippen molar-refractivity contribution in [2.75, 3.05) is 0 Å². The van der Waals surface area contributed by atoms with E-state index in [1.807, 2.05) is 12.1 Å². The van der Waals surface area contributed by atoms with Crippen LogP contribution >= 0.6 is 27.3 Å². The summed E-state index contributed by atoms with van der Waals surface area (Å²) in [6.45, 7) is 4.27. The third kappa shape index (κ3) is 2.75. The topological polar surface area (TPSA) is 25.2 Å². The Morgan fingerprint density at radius 3 is 2.75 bits per heavy atom. The van der Waals surface area contributed by atoms with Crippen molar-refractivity contribution in [1.29, 1.82) is 0 Å². The predicted molar refractivity (Wildman–Crippen MR) is 70.7 cm³/mol. The van der Waals surface area contributed by atoms with Crippen LogP contribution in [0.15, 0.2) is 38.7 Å². The zero-order valence-corrected chi connectivity index (χ0v) is 11.6. The first kappa shape index (κ1) is 11.9. The molecule has 0 aliphatic rings. The Labute approximate surface area is 108 Å². The molecule has 2 rings (SSSR count). The Kier molecular flexibility index (Phi) is 3.84. The highest BCUT2D eigenvalue weighted by Crippen LogP contribution is 2.27. The normalized spacial score (nSPS) is 14.9. The minimum atomic E-state index is 0.228. The number of nitrogens with one attached hydrogen (secondary N) is 1. The van der Waals surface area contributed by atoms with Gasteiger partial charge in [-0.25, -0.2) is 0 Å². The lowest BCUT2D eigenvalue weighted by Crippen LogP contribution is -2.21. The lowest BCUT2D eigenvalue weighted by molar-refractivity contribution is 0.405. The van der Waals surface area contributed by atoms with Gasteiger partial charge in [-0.2, -0.15) is 0 Å². The van der Waals surface area contributed by atoms with Gasteiger partial charge in [0.15, 0.2) is 0 Å². The van der Waals surface area contributed by atoms with Gasteiger partial charge in [0.25, 0.3) is 0 Å². The fourth-order valence-electron chi connectivity index (χ4n) is 1.63. The first-order chi connectivity index (χ1) is 7.66. The summed E-state index contributed by atoms with van der Waals surface area (Å²) < 4.78 is 6.51. The first-order valence-electron chi connectivity index (χ1n) is 5.20. The largest absolute Gasteiger partial charge is 0.468 e. The molecule has 2 aromatic heterocycles. The van der Waals surface area contributed by atoms with Gasteiger partial charge in [0.05, 0.1) is 12.3 Å². The lowest BCUT2D eigenvalue weighted by atomic mass is 10.2. The predicted octanol–water partition coefficient (Wildman–Crippen LogP) is 4.52. The molecular formula is C12H14BrNOS. The maximum Gasteiger partial charge on any atom is 0.120 e. The number of rotatable bonds is 4. The molecule has 0 saturated carbocycles. The zero-order valence-electron chi connectivity index (χ0n) is 9.24.